The molecule has 1 aliphatic rings. The Kier molecular flexibility index (Phi) is 5.38. The second-order valence-electron chi connectivity index (χ2n) is 7.78. The molecule has 1 saturated heterocycles. The van der Waals surface area contributed by atoms with Gasteiger partial charge in [0.25, 0.3) is 0 Å². The lowest BCUT2D eigenvalue weighted by Gasteiger charge is -2.27. The fourth-order valence-corrected chi connectivity index (χ4v) is 4.40. The minimum absolute atomic E-state index is 0.0609. The summed E-state index contributed by atoms with van der Waals surface area (Å²) in [5, 5.41) is 0. The second-order valence-corrected chi connectivity index (χ2v) is 7.78. The van der Waals surface area contributed by atoms with Gasteiger partial charge in [0.1, 0.15) is 17.6 Å². The van der Waals surface area contributed by atoms with Gasteiger partial charge in [0.15, 0.2) is 0 Å². The van der Waals surface area contributed by atoms with Gasteiger partial charge >= 0.3 is 6.03 Å². The van der Waals surface area contributed by atoms with Crippen LogP contribution in [0.2, 0.25) is 0 Å². The van der Waals surface area contributed by atoms with Gasteiger partial charge in [-0.05, 0) is 47.5 Å². The lowest BCUT2D eigenvalue weighted by atomic mass is 9.96. The SMILES string of the molecule is COc1ccc(N2C(=O)N(Cc3ccccc3)C(c3ccccc3)C2c2ccco2)cc1. The lowest BCUT2D eigenvalue weighted by Crippen LogP contribution is -2.32. The monoisotopic (exact) mass is 424 g/mol. The summed E-state index contributed by atoms with van der Waals surface area (Å²) in [5.74, 6) is 1.49. The Morgan fingerprint density at radius 3 is 2.12 bits per heavy atom. The van der Waals surface area contributed by atoms with E-state index in [1.165, 1.54) is 0 Å². The third-order valence-electron chi connectivity index (χ3n) is 5.89. The van der Waals surface area contributed by atoms with E-state index in [1.807, 2.05) is 94.7 Å². The van der Waals surface area contributed by atoms with Gasteiger partial charge in [-0.25, -0.2) is 4.79 Å². The van der Waals surface area contributed by atoms with Gasteiger partial charge in [-0.3, -0.25) is 4.90 Å². The van der Waals surface area contributed by atoms with Crippen LogP contribution in [-0.4, -0.2) is 18.0 Å². The summed E-state index contributed by atoms with van der Waals surface area (Å²) in [6.45, 7) is 0.503. The number of methoxy groups -OCH3 is 1. The van der Waals surface area contributed by atoms with Crippen LogP contribution in [0, 0.1) is 0 Å². The molecular weight excluding hydrogens is 400 g/mol. The van der Waals surface area contributed by atoms with E-state index >= 15 is 0 Å². The number of hydrogen-bond donors (Lipinski definition) is 0. The zero-order chi connectivity index (χ0) is 21.9. The highest BCUT2D eigenvalue weighted by Gasteiger charge is 2.49. The van der Waals surface area contributed by atoms with Crippen LogP contribution >= 0.6 is 0 Å². The van der Waals surface area contributed by atoms with Crippen molar-refractivity contribution in [2.45, 2.75) is 18.6 Å². The van der Waals surface area contributed by atoms with Crippen LogP contribution in [0.5, 0.6) is 5.75 Å². The molecule has 0 bridgehead atoms. The number of furan rings is 1. The number of rotatable bonds is 6. The molecule has 2 amide bonds. The number of nitrogens with zero attached hydrogens (tertiary/aromatic N) is 2. The molecule has 5 heteroatoms. The Hall–Kier alpha value is -3.99. The van der Waals surface area contributed by atoms with Crippen molar-refractivity contribution in [3.05, 3.63) is 120 Å². The van der Waals surface area contributed by atoms with Crippen LogP contribution in [0.4, 0.5) is 10.5 Å². The highest BCUT2D eigenvalue weighted by atomic mass is 16.5. The molecule has 5 rings (SSSR count). The van der Waals surface area contributed by atoms with E-state index in [2.05, 4.69) is 12.1 Å². The van der Waals surface area contributed by atoms with E-state index in [9.17, 15) is 4.79 Å². The molecule has 1 fully saturated rings. The Morgan fingerprint density at radius 2 is 1.50 bits per heavy atom. The molecule has 2 unspecified atom stereocenters. The van der Waals surface area contributed by atoms with E-state index in [0.29, 0.717) is 6.54 Å². The number of amides is 2. The normalized spacial score (nSPS) is 18.2. The lowest BCUT2D eigenvalue weighted by molar-refractivity contribution is 0.198. The summed E-state index contributed by atoms with van der Waals surface area (Å²) in [7, 11) is 1.63. The van der Waals surface area contributed by atoms with Crippen molar-refractivity contribution in [2.24, 2.45) is 0 Å². The minimum Gasteiger partial charge on any atom is -0.497 e. The van der Waals surface area contributed by atoms with Gasteiger partial charge in [0, 0.05) is 12.2 Å². The fraction of sp³-hybridized carbons (Fsp3) is 0.148. The number of ether oxygens (including phenoxy) is 1. The van der Waals surface area contributed by atoms with E-state index in [0.717, 1.165) is 28.3 Å². The summed E-state index contributed by atoms with van der Waals surface area (Å²) in [5.41, 5.74) is 2.94. The molecule has 5 nitrogen and oxygen atoms in total. The van der Waals surface area contributed by atoms with Crippen LogP contribution in [0.3, 0.4) is 0 Å². The van der Waals surface area contributed by atoms with Crippen molar-refractivity contribution in [3.8, 4) is 5.75 Å². The maximum absolute atomic E-state index is 13.9. The molecule has 160 valence electrons. The highest BCUT2D eigenvalue weighted by molar-refractivity contribution is 5.96. The van der Waals surface area contributed by atoms with Gasteiger partial charge in [-0.1, -0.05) is 60.7 Å². The predicted octanol–water partition coefficient (Wildman–Crippen LogP) is 6.21. The van der Waals surface area contributed by atoms with E-state index in [1.54, 1.807) is 13.4 Å². The number of urea groups is 1. The first-order valence-corrected chi connectivity index (χ1v) is 10.6. The third-order valence-corrected chi connectivity index (χ3v) is 5.89. The van der Waals surface area contributed by atoms with Crippen LogP contribution in [0.15, 0.2) is 108 Å². The van der Waals surface area contributed by atoms with Crippen LogP contribution in [-0.2, 0) is 6.54 Å². The number of benzene rings is 3. The Bertz CT molecular complexity index is 1160. The van der Waals surface area contributed by atoms with Crippen molar-refractivity contribution in [1.29, 1.82) is 0 Å². The number of carbonyl (C=O) groups excluding carboxylic acids is 1. The smallest absolute Gasteiger partial charge is 0.326 e. The molecule has 2 atom stereocenters. The average molecular weight is 425 g/mol. The van der Waals surface area contributed by atoms with E-state index in [4.69, 9.17) is 9.15 Å². The quantitative estimate of drug-likeness (QED) is 0.369. The summed E-state index contributed by atoms with van der Waals surface area (Å²) in [4.78, 5) is 17.7. The van der Waals surface area contributed by atoms with Crippen molar-refractivity contribution in [2.75, 3.05) is 12.0 Å². The summed E-state index contributed by atoms with van der Waals surface area (Å²) in [6.07, 6.45) is 1.66. The number of hydrogen-bond acceptors (Lipinski definition) is 3. The Balaban J connectivity index is 1.64. The summed E-state index contributed by atoms with van der Waals surface area (Å²) < 4.78 is 11.2. The topological polar surface area (TPSA) is 45.9 Å². The largest absolute Gasteiger partial charge is 0.497 e. The second kappa shape index (κ2) is 8.63. The molecule has 0 radical (unpaired) electrons. The van der Waals surface area contributed by atoms with Gasteiger partial charge in [-0.15, -0.1) is 0 Å². The molecule has 1 aliphatic heterocycles. The zero-order valence-electron chi connectivity index (χ0n) is 17.8. The van der Waals surface area contributed by atoms with Gasteiger partial charge in [0.05, 0.1) is 19.4 Å². The first kappa shape index (κ1) is 19.9. The number of carbonyl (C=O) groups is 1. The van der Waals surface area contributed by atoms with E-state index < -0.39 is 0 Å². The molecule has 0 aliphatic carbocycles. The summed E-state index contributed by atoms with van der Waals surface area (Å²) in [6, 6.07) is 31.0. The molecule has 0 N–H and O–H groups in total. The molecule has 4 aromatic rings. The zero-order valence-corrected chi connectivity index (χ0v) is 17.8. The van der Waals surface area contributed by atoms with E-state index in [-0.39, 0.29) is 18.1 Å². The fourth-order valence-electron chi connectivity index (χ4n) is 4.40. The van der Waals surface area contributed by atoms with Gasteiger partial charge < -0.3 is 14.1 Å². The Labute approximate surface area is 187 Å². The van der Waals surface area contributed by atoms with Crippen molar-refractivity contribution in [1.82, 2.24) is 4.90 Å². The Morgan fingerprint density at radius 1 is 0.812 bits per heavy atom. The van der Waals surface area contributed by atoms with Crippen molar-refractivity contribution >= 4 is 11.7 Å². The van der Waals surface area contributed by atoms with Gasteiger partial charge in [-0.2, -0.15) is 0 Å². The highest BCUT2D eigenvalue weighted by Crippen LogP contribution is 2.48. The maximum atomic E-state index is 13.9. The minimum atomic E-state index is -0.308. The first-order chi connectivity index (χ1) is 15.8. The standard InChI is InChI=1S/C27H24N2O3/c1-31-23-16-14-22(15-17-23)29-26(24-13-8-18-32-24)25(21-11-6-3-7-12-21)28(27(29)30)19-20-9-4-2-5-10-20/h2-18,25-26H,19H2,1H3. The molecule has 3 aromatic carbocycles. The summed E-state index contributed by atoms with van der Waals surface area (Å²) >= 11 is 0. The van der Waals surface area contributed by atoms with Crippen LogP contribution < -0.4 is 9.64 Å². The first-order valence-electron chi connectivity index (χ1n) is 10.6. The maximum Gasteiger partial charge on any atom is 0.326 e. The van der Waals surface area contributed by atoms with Crippen LogP contribution in [0.25, 0.3) is 0 Å². The molecule has 0 saturated carbocycles. The molecule has 32 heavy (non-hydrogen) atoms. The van der Waals surface area contributed by atoms with Crippen molar-refractivity contribution < 1.29 is 13.9 Å². The predicted molar refractivity (Wildman–Crippen MR) is 123 cm³/mol. The third kappa shape index (κ3) is 3.62. The van der Waals surface area contributed by atoms with Gasteiger partial charge in [0.2, 0.25) is 0 Å². The molecular formula is C27H24N2O3. The molecule has 2 heterocycles. The average Bonchev–Trinajstić information content (AvgIpc) is 3.47. The van der Waals surface area contributed by atoms with Crippen LogP contribution in [0.1, 0.15) is 29.0 Å². The number of anilines is 1. The van der Waals surface area contributed by atoms with Crippen molar-refractivity contribution in [3.63, 3.8) is 0 Å². The molecule has 1 aromatic heterocycles. The molecule has 0 spiro atoms.